The Bertz CT molecular complexity index is 615. The Hall–Kier alpha value is -1.72. The fourth-order valence-electron chi connectivity index (χ4n) is 1.92. The number of fused-ring (bicyclic) bond motifs is 1. The van der Waals surface area contributed by atoms with Gasteiger partial charge in [0.2, 0.25) is 0 Å². The second-order valence-electron chi connectivity index (χ2n) is 4.14. The molecule has 0 fully saturated rings. The summed E-state index contributed by atoms with van der Waals surface area (Å²) < 4.78 is 11.1. The highest BCUT2D eigenvalue weighted by Gasteiger charge is 2.15. The predicted molar refractivity (Wildman–Crippen MR) is 75.2 cm³/mol. The molecule has 0 radical (unpaired) electrons. The summed E-state index contributed by atoms with van der Waals surface area (Å²) in [6, 6.07) is 10.2. The highest BCUT2D eigenvalue weighted by Crippen LogP contribution is 2.27. The monoisotopic (exact) mass is 274 g/mol. The Balaban J connectivity index is 1.77. The van der Waals surface area contributed by atoms with Crippen molar-refractivity contribution in [1.82, 2.24) is 10.3 Å². The highest BCUT2D eigenvalue weighted by atomic mass is 32.2. The number of rotatable bonds is 5. The topological polar surface area (TPSA) is 51.2 Å². The maximum absolute atomic E-state index is 5.86. The molecule has 4 nitrogen and oxygen atoms in total. The average molecular weight is 274 g/mol. The maximum atomic E-state index is 5.86. The summed E-state index contributed by atoms with van der Waals surface area (Å²) in [7, 11) is 1.92. The summed E-state index contributed by atoms with van der Waals surface area (Å²) >= 11 is 1.56. The zero-order valence-electron chi connectivity index (χ0n) is 10.5. The molecule has 0 saturated carbocycles. The molecule has 1 atom stereocenters. The summed E-state index contributed by atoms with van der Waals surface area (Å²) in [5.41, 5.74) is 0.916. The van der Waals surface area contributed by atoms with Crippen LogP contribution < -0.4 is 5.32 Å². The van der Waals surface area contributed by atoms with Crippen LogP contribution in [0.4, 0.5) is 0 Å². The number of benzene rings is 1. The third-order valence-corrected chi connectivity index (χ3v) is 3.87. The van der Waals surface area contributed by atoms with Gasteiger partial charge in [0.15, 0.2) is 0 Å². The third kappa shape index (κ3) is 2.67. The molecular formula is C14H14N2O2S. The number of oxazole rings is 1. The van der Waals surface area contributed by atoms with Crippen LogP contribution in [0.25, 0.3) is 11.0 Å². The average Bonchev–Trinajstić information content (AvgIpc) is 3.08. The summed E-state index contributed by atoms with van der Waals surface area (Å²) in [6.07, 6.45) is 3.23. The van der Waals surface area contributed by atoms with E-state index in [1.807, 2.05) is 25.2 Å². The van der Waals surface area contributed by atoms with Gasteiger partial charge in [-0.05, 0) is 19.2 Å². The molecule has 2 heterocycles. The lowest BCUT2D eigenvalue weighted by atomic mass is 10.2. The van der Waals surface area contributed by atoms with Crippen LogP contribution >= 0.6 is 11.8 Å². The van der Waals surface area contributed by atoms with Gasteiger partial charge in [-0.25, -0.2) is 4.98 Å². The lowest BCUT2D eigenvalue weighted by Gasteiger charge is -2.11. The highest BCUT2D eigenvalue weighted by molar-refractivity contribution is 7.99. The van der Waals surface area contributed by atoms with Crippen molar-refractivity contribution < 1.29 is 8.83 Å². The minimum absolute atomic E-state index is 0.129. The number of thioether (sulfide) groups is 1. The number of furan rings is 1. The first-order valence-corrected chi connectivity index (χ1v) is 7.03. The summed E-state index contributed by atoms with van der Waals surface area (Å²) in [5.74, 6) is 1.74. The largest absolute Gasteiger partial charge is 0.459 e. The number of nitrogens with zero attached hydrogens (tertiary/aromatic N) is 1. The van der Waals surface area contributed by atoms with E-state index in [4.69, 9.17) is 8.83 Å². The molecule has 5 heteroatoms. The van der Waals surface area contributed by atoms with Crippen molar-refractivity contribution in [2.75, 3.05) is 12.8 Å². The first-order chi connectivity index (χ1) is 9.36. The van der Waals surface area contributed by atoms with E-state index in [1.54, 1.807) is 24.2 Å². The molecule has 0 aliphatic heterocycles. The summed E-state index contributed by atoms with van der Waals surface area (Å²) in [4.78, 5) is 4.10. The van der Waals surface area contributed by atoms with E-state index in [-0.39, 0.29) is 6.04 Å². The van der Waals surface area contributed by atoms with E-state index in [2.05, 4.69) is 22.4 Å². The number of nitrogens with one attached hydrogen (secondary N) is 1. The fourth-order valence-corrected chi connectivity index (χ4v) is 2.82. The normalized spacial score (nSPS) is 12.9. The van der Waals surface area contributed by atoms with Gasteiger partial charge in [0.25, 0.3) is 5.22 Å². The second kappa shape index (κ2) is 5.50. The van der Waals surface area contributed by atoms with E-state index in [9.17, 15) is 0 Å². The van der Waals surface area contributed by atoms with Crippen LogP contribution in [0.15, 0.2) is 56.8 Å². The molecule has 1 aromatic carbocycles. The van der Waals surface area contributed by atoms with Gasteiger partial charge in [0, 0.05) is 11.1 Å². The van der Waals surface area contributed by atoms with Gasteiger partial charge >= 0.3 is 0 Å². The van der Waals surface area contributed by atoms with Crippen LogP contribution in [0, 0.1) is 0 Å². The maximum Gasteiger partial charge on any atom is 0.255 e. The van der Waals surface area contributed by atoms with Gasteiger partial charge in [0.1, 0.15) is 17.6 Å². The van der Waals surface area contributed by atoms with E-state index in [0.29, 0.717) is 5.22 Å². The third-order valence-electron chi connectivity index (χ3n) is 2.92. The SMILES string of the molecule is CNC(CSc1ncco1)c1cc2ccccc2o1. The fraction of sp³-hybridized carbons (Fsp3) is 0.214. The van der Waals surface area contributed by atoms with Gasteiger partial charge in [0.05, 0.1) is 12.2 Å². The van der Waals surface area contributed by atoms with Gasteiger partial charge < -0.3 is 14.2 Å². The van der Waals surface area contributed by atoms with Crippen molar-refractivity contribution in [3.8, 4) is 0 Å². The smallest absolute Gasteiger partial charge is 0.255 e. The second-order valence-corrected chi connectivity index (χ2v) is 5.11. The Morgan fingerprint density at radius 2 is 2.26 bits per heavy atom. The van der Waals surface area contributed by atoms with Crippen LogP contribution in [0.1, 0.15) is 11.8 Å². The van der Waals surface area contributed by atoms with Gasteiger partial charge in [-0.15, -0.1) is 0 Å². The quantitative estimate of drug-likeness (QED) is 0.722. The first-order valence-electron chi connectivity index (χ1n) is 6.05. The molecule has 0 spiro atoms. The lowest BCUT2D eigenvalue weighted by Crippen LogP contribution is -2.17. The molecule has 98 valence electrons. The van der Waals surface area contributed by atoms with Crippen molar-refractivity contribution in [2.24, 2.45) is 0 Å². The Kier molecular flexibility index (Phi) is 3.57. The standard InChI is InChI=1S/C14H14N2O2S/c1-15-11(9-19-14-16-6-7-17-14)13-8-10-4-2-3-5-12(10)18-13/h2-8,11,15H,9H2,1H3. The van der Waals surface area contributed by atoms with Crippen molar-refractivity contribution in [3.63, 3.8) is 0 Å². The molecule has 0 bridgehead atoms. The zero-order valence-corrected chi connectivity index (χ0v) is 11.3. The van der Waals surface area contributed by atoms with Crippen LogP contribution in [0.5, 0.6) is 0 Å². The van der Waals surface area contributed by atoms with E-state index < -0.39 is 0 Å². The van der Waals surface area contributed by atoms with Crippen LogP contribution in [0.3, 0.4) is 0 Å². The Morgan fingerprint density at radius 3 is 3.00 bits per heavy atom. The molecule has 19 heavy (non-hydrogen) atoms. The molecule has 1 unspecified atom stereocenters. The zero-order chi connectivity index (χ0) is 13.1. The van der Waals surface area contributed by atoms with Crippen LogP contribution in [-0.2, 0) is 0 Å². The van der Waals surface area contributed by atoms with Crippen LogP contribution in [0.2, 0.25) is 0 Å². The van der Waals surface area contributed by atoms with Crippen molar-refractivity contribution in [2.45, 2.75) is 11.3 Å². The van der Waals surface area contributed by atoms with Gasteiger partial charge in [-0.3, -0.25) is 0 Å². The molecule has 1 N–H and O–H groups in total. The van der Waals surface area contributed by atoms with Gasteiger partial charge in [-0.2, -0.15) is 0 Å². The van der Waals surface area contributed by atoms with Crippen LogP contribution in [-0.4, -0.2) is 17.8 Å². The molecule has 2 aromatic heterocycles. The molecular weight excluding hydrogens is 260 g/mol. The number of aromatic nitrogens is 1. The number of hydrogen-bond donors (Lipinski definition) is 1. The lowest BCUT2D eigenvalue weighted by molar-refractivity contribution is 0.450. The summed E-state index contributed by atoms with van der Waals surface area (Å²) in [6.45, 7) is 0. The predicted octanol–water partition coefficient (Wildman–Crippen LogP) is 3.47. The van der Waals surface area contributed by atoms with Crippen molar-refractivity contribution in [3.05, 3.63) is 48.6 Å². The summed E-state index contributed by atoms with van der Waals surface area (Å²) in [5, 5.41) is 5.06. The number of para-hydroxylation sites is 1. The van der Waals surface area contributed by atoms with E-state index in [0.717, 1.165) is 22.5 Å². The molecule has 3 rings (SSSR count). The first kappa shape index (κ1) is 12.3. The molecule has 0 amide bonds. The molecule has 0 aliphatic carbocycles. The van der Waals surface area contributed by atoms with E-state index >= 15 is 0 Å². The minimum atomic E-state index is 0.129. The number of hydrogen-bond acceptors (Lipinski definition) is 5. The molecule has 3 aromatic rings. The minimum Gasteiger partial charge on any atom is -0.459 e. The Labute approximate surface area is 115 Å². The Morgan fingerprint density at radius 1 is 1.37 bits per heavy atom. The van der Waals surface area contributed by atoms with Gasteiger partial charge in [-0.1, -0.05) is 30.0 Å². The molecule has 0 aliphatic rings. The van der Waals surface area contributed by atoms with Crippen molar-refractivity contribution >= 4 is 22.7 Å². The van der Waals surface area contributed by atoms with E-state index in [1.165, 1.54) is 0 Å². The van der Waals surface area contributed by atoms with Crippen molar-refractivity contribution in [1.29, 1.82) is 0 Å². The molecule has 0 saturated heterocycles.